The maximum Gasteiger partial charge on any atom is 0.263 e. The average Bonchev–Trinajstić information content (AvgIpc) is 2.48. The normalized spacial score (nSPS) is 14.8. The number of halogens is 1. The second-order valence-corrected chi connectivity index (χ2v) is 4.71. The summed E-state index contributed by atoms with van der Waals surface area (Å²) < 4.78 is 0. The standard InChI is InChI=1S/C12H12ClNO3/c1-5(2)14-11(16)7-4-8(15)6(3)10(13)9(7)12(14)17/h4-5,15H,1-3H3. The van der Waals surface area contributed by atoms with E-state index >= 15 is 0 Å². The Morgan fingerprint density at radius 2 is 1.88 bits per heavy atom. The first-order valence-electron chi connectivity index (χ1n) is 5.26. The van der Waals surface area contributed by atoms with Crippen molar-refractivity contribution < 1.29 is 14.7 Å². The maximum atomic E-state index is 12.1. The van der Waals surface area contributed by atoms with E-state index < -0.39 is 11.8 Å². The van der Waals surface area contributed by atoms with E-state index in [2.05, 4.69) is 0 Å². The molecule has 0 unspecified atom stereocenters. The van der Waals surface area contributed by atoms with Crippen LogP contribution in [0.4, 0.5) is 0 Å². The van der Waals surface area contributed by atoms with Crippen molar-refractivity contribution >= 4 is 23.4 Å². The Kier molecular flexibility index (Phi) is 2.62. The third-order valence-corrected chi connectivity index (χ3v) is 3.35. The lowest BCUT2D eigenvalue weighted by molar-refractivity contribution is 0.0609. The molecule has 1 aliphatic heterocycles. The number of hydrogen-bond donors (Lipinski definition) is 1. The van der Waals surface area contributed by atoms with Crippen molar-refractivity contribution in [1.82, 2.24) is 4.90 Å². The molecule has 1 heterocycles. The van der Waals surface area contributed by atoms with E-state index in [4.69, 9.17) is 11.6 Å². The molecule has 1 aromatic rings. The molecule has 1 N–H and O–H groups in total. The minimum atomic E-state index is -0.405. The van der Waals surface area contributed by atoms with Crippen LogP contribution in [0, 0.1) is 6.92 Å². The van der Waals surface area contributed by atoms with Crippen molar-refractivity contribution in [1.29, 1.82) is 0 Å². The number of phenols is 1. The van der Waals surface area contributed by atoms with Crippen LogP contribution >= 0.6 is 11.6 Å². The third kappa shape index (κ3) is 1.52. The van der Waals surface area contributed by atoms with Crippen LogP contribution in [0.1, 0.15) is 40.1 Å². The molecule has 1 aromatic carbocycles. The van der Waals surface area contributed by atoms with E-state index in [1.54, 1.807) is 20.8 Å². The highest BCUT2D eigenvalue weighted by Gasteiger charge is 2.39. The Morgan fingerprint density at radius 3 is 2.41 bits per heavy atom. The summed E-state index contributed by atoms with van der Waals surface area (Å²) in [5.74, 6) is -0.870. The lowest BCUT2D eigenvalue weighted by Gasteiger charge is -2.17. The fourth-order valence-electron chi connectivity index (χ4n) is 1.92. The first-order valence-corrected chi connectivity index (χ1v) is 5.64. The predicted molar refractivity (Wildman–Crippen MR) is 63.5 cm³/mol. The van der Waals surface area contributed by atoms with Gasteiger partial charge in [-0.3, -0.25) is 14.5 Å². The summed E-state index contributed by atoms with van der Waals surface area (Å²) in [5.41, 5.74) is 0.787. The number of carbonyl (C=O) groups excluding carboxylic acids is 2. The molecule has 0 atom stereocenters. The van der Waals surface area contributed by atoms with Crippen LogP contribution in [-0.2, 0) is 0 Å². The van der Waals surface area contributed by atoms with Crippen LogP contribution in [0.25, 0.3) is 0 Å². The lowest BCUT2D eigenvalue weighted by atomic mass is 10.1. The highest BCUT2D eigenvalue weighted by molar-refractivity contribution is 6.38. The number of benzene rings is 1. The molecule has 0 aromatic heterocycles. The summed E-state index contributed by atoms with van der Waals surface area (Å²) in [4.78, 5) is 25.2. The molecule has 0 radical (unpaired) electrons. The number of phenolic OH excluding ortho intramolecular Hbond substituents is 1. The number of amides is 2. The Hall–Kier alpha value is -1.55. The summed E-state index contributed by atoms with van der Waals surface area (Å²) in [6.45, 7) is 5.11. The number of aromatic hydroxyl groups is 1. The van der Waals surface area contributed by atoms with Gasteiger partial charge in [0, 0.05) is 11.6 Å². The topological polar surface area (TPSA) is 57.6 Å². The summed E-state index contributed by atoms with van der Waals surface area (Å²) in [7, 11) is 0. The molecule has 90 valence electrons. The molecule has 0 saturated heterocycles. The Bertz CT molecular complexity index is 537. The molecule has 0 bridgehead atoms. The number of hydrogen-bond acceptors (Lipinski definition) is 3. The van der Waals surface area contributed by atoms with Crippen LogP contribution < -0.4 is 0 Å². The minimum absolute atomic E-state index is 0.0690. The Balaban J connectivity index is 2.70. The van der Waals surface area contributed by atoms with Crippen molar-refractivity contribution in [3.05, 3.63) is 27.8 Å². The SMILES string of the molecule is Cc1c(O)cc2c(c1Cl)C(=O)N(C(C)C)C2=O. The van der Waals surface area contributed by atoms with Gasteiger partial charge in [0.1, 0.15) is 5.75 Å². The van der Waals surface area contributed by atoms with Gasteiger partial charge in [0.05, 0.1) is 16.1 Å². The maximum absolute atomic E-state index is 12.1. The van der Waals surface area contributed by atoms with Crippen LogP contribution in [0.3, 0.4) is 0 Å². The lowest BCUT2D eigenvalue weighted by Crippen LogP contribution is -2.35. The van der Waals surface area contributed by atoms with E-state index in [0.717, 1.165) is 4.90 Å². The Morgan fingerprint density at radius 1 is 1.29 bits per heavy atom. The zero-order valence-corrected chi connectivity index (χ0v) is 10.5. The van der Waals surface area contributed by atoms with Gasteiger partial charge in [0.15, 0.2) is 0 Å². The van der Waals surface area contributed by atoms with Gasteiger partial charge >= 0.3 is 0 Å². The van der Waals surface area contributed by atoms with Crippen molar-refractivity contribution in [3.8, 4) is 5.75 Å². The van der Waals surface area contributed by atoms with Gasteiger partial charge in [0.2, 0.25) is 0 Å². The molecular weight excluding hydrogens is 242 g/mol. The number of rotatable bonds is 1. The molecular formula is C12H12ClNO3. The third-order valence-electron chi connectivity index (χ3n) is 2.88. The highest BCUT2D eigenvalue weighted by atomic mass is 35.5. The van der Waals surface area contributed by atoms with Gasteiger partial charge in [-0.2, -0.15) is 0 Å². The molecule has 2 amide bonds. The van der Waals surface area contributed by atoms with Crippen molar-refractivity contribution in [2.45, 2.75) is 26.8 Å². The molecule has 4 nitrogen and oxygen atoms in total. The molecule has 0 aliphatic carbocycles. The molecule has 5 heteroatoms. The first kappa shape index (κ1) is 11.9. The number of nitrogens with zero attached hydrogens (tertiary/aromatic N) is 1. The molecule has 17 heavy (non-hydrogen) atoms. The zero-order chi connectivity index (χ0) is 12.9. The van der Waals surface area contributed by atoms with Crippen molar-refractivity contribution in [2.24, 2.45) is 0 Å². The van der Waals surface area contributed by atoms with Gasteiger partial charge in [-0.05, 0) is 26.8 Å². The molecule has 0 spiro atoms. The summed E-state index contributed by atoms with van der Waals surface area (Å²) in [6, 6.07) is 1.07. The first-order chi connectivity index (χ1) is 7.86. The van der Waals surface area contributed by atoms with Crippen molar-refractivity contribution in [3.63, 3.8) is 0 Å². The fraction of sp³-hybridized carbons (Fsp3) is 0.333. The summed E-state index contributed by atoms with van der Waals surface area (Å²) in [6.07, 6.45) is 0. The van der Waals surface area contributed by atoms with Gasteiger partial charge in [0.25, 0.3) is 11.8 Å². The van der Waals surface area contributed by atoms with E-state index in [-0.39, 0.29) is 27.9 Å². The smallest absolute Gasteiger partial charge is 0.263 e. The summed E-state index contributed by atoms with van der Waals surface area (Å²) in [5, 5.41) is 9.78. The predicted octanol–water partition coefficient (Wildman–Crippen LogP) is 2.36. The van der Waals surface area contributed by atoms with E-state index in [0.29, 0.717) is 5.56 Å². The molecule has 0 fully saturated rings. The second-order valence-electron chi connectivity index (χ2n) is 4.33. The van der Waals surface area contributed by atoms with Gasteiger partial charge in [-0.25, -0.2) is 0 Å². The van der Waals surface area contributed by atoms with Crippen molar-refractivity contribution in [2.75, 3.05) is 0 Å². The fourth-order valence-corrected chi connectivity index (χ4v) is 2.20. The highest BCUT2D eigenvalue weighted by Crippen LogP contribution is 2.37. The number of carbonyl (C=O) groups is 2. The van der Waals surface area contributed by atoms with E-state index in [1.807, 2.05) is 0 Å². The van der Waals surface area contributed by atoms with Crippen LogP contribution in [0.2, 0.25) is 5.02 Å². The van der Waals surface area contributed by atoms with Gasteiger partial charge in [-0.1, -0.05) is 11.6 Å². The van der Waals surface area contributed by atoms with Crippen LogP contribution in [0.15, 0.2) is 6.07 Å². The van der Waals surface area contributed by atoms with Gasteiger partial charge < -0.3 is 5.11 Å². The quantitative estimate of drug-likeness (QED) is 0.782. The number of imide groups is 1. The largest absolute Gasteiger partial charge is 0.508 e. The molecule has 2 rings (SSSR count). The van der Waals surface area contributed by atoms with E-state index in [1.165, 1.54) is 6.07 Å². The Labute approximate surface area is 104 Å². The number of fused-ring (bicyclic) bond motifs is 1. The second kappa shape index (κ2) is 3.74. The molecule has 1 aliphatic rings. The molecule has 0 saturated carbocycles. The van der Waals surface area contributed by atoms with Gasteiger partial charge in [-0.15, -0.1) is 0 Å². The average molecular weight is 254 g/mol. The van der Waals surface area contributed by atoms with Crippen LogP contribution in [-0.4, -0.2) is 27.9 Å². The van der Waals surface area contributed by atoms with Crippen LogP contribution in [0.5, 0.6) is 5.75 Å². The minimum Gasteiger partial charge on any atom is -0.508 e. The van der Waals surface area contributed by atoms with E-state index in [9.17, 15) is 14.7 Å². The zero-order valence-electron chi connectivity index (χ0n) is 9.74. The monoisotopic (exact) mass is 253 g/mol. The summed E-state index contributed by atoms with van der Waals surface area (Å²) >= 11 is 6.01.